The third-order valence-electron chi connectivity index (χ3n) is 3.73. The normalized spacial score (nSPS) is 19.8. The van der Waals surface area contributed by atoms with Gasteiger partial charge in [0.05, 0.1) is 17.4 Å². The molecule has 0 aromatic heterocycles. The number of fused-ring (bicyclic) bond motifs is 1. The lowest BCUT2D eigenvalue weighted by atomic mass is 9.96. The number of hydrogen-bond donors (Lipinski definition) is 1. The monoisotopic (exact) mass is 233 g/mol. The summed E-state index contributed by atoms with van der Waals surface area (Å²) in [6, 6.07) is 6.99. The Morgan fingerprint density at radius 2 is 2.06 bits per heavy atom. The van der Waals surface area contributed by atoms with Gasteiger partial charge in [-0.2, -0.15) is 0 Å². The second-order valence-corrected chi connectivity index (χ2v) is 5.25. The maximum atomic E-state index is 5.84. The van der Waals surface area contributed by atoms with Gasteiger partial charge in [0, 0.05) is 27.2 Å². The molecule has 1 heterocycles. The zero-order valence-electron chi connectivity index (χ0n) is 11.3. The molecule has 1 aromatic carbocycles. The van der Waals surface area contributed by atoms with Gasteiger partial charge in [-0.25, -0.2) is 0 Å². The predicted octanol–water partition coefficient (Wildman–Crippen LogP) is 2.02. The summed E-state index contributed by atoms with van der Waals surface area (Å²) in [5, 5.41) is 0. The fourth-order valence-electron chi connectivity index (χ4n) is 2.67. The van der Waals surface area contributed by atoms with Crippen LogP contribution in [-0.2, 0) is 0 Å². The molecule has 0 aliphatic carbocycles. The van der Waals surface area contributed by atoms with E-state index >= 15 is 0 Å². The molecule has 1 aromatic rings. The Morgan fingerprint density at radius 3 is 2.65 bits per heavy atom. The molecule has 3 nitrogen and oxygen atoms in total. The third kappa shape index (κ3) is 2.00. The van der Waals surface area contributed by atoms with Crippen LogP contribution < -0.4 is 15.5 Å². The smallest absolute Gasteiger partial charge is 0.0637 e. The number of anilines is 2. The van der Waals surface area contributed by atoms with Crippen molar-refractivity contribution in [3.63, 3.8) is 0 Å². The molecule has 3 heteroatoms. The Balaban J connectivity index is 2.51. The fraction of sp³-hybridized carbons (Fsp3) is 0.571. The van der Waals surface area contributed by atoms with Crippen LogP contribution in [0.4, 0.5) is 11.4 Å². The van der Waals surface area contributed by atoms with Crippen LogP contribution in [0.5, 0.6) is 0 Å². The van der Waals surface area contributed by atoms with Crippen LogP contribution >= 0.6 is 0 Å². The van der Waals surface area contributed by atoms with Crippen LogP contribution in [0.2, 0.25) is 0 Å². The summed E-state index contributed by atoms with van der Waals surface area (Å²) in [7, 11) is 4.31. The van der Waals surface area contributed by atoms with Crippen LogP contribution in [0.15, 0.2) is 18.2 Å². The molecule has 0 amide bonds. The van der Waals surface area contributed by atoms with Gasteiger partial charge < -0.3 is 15.5 Å². The van der Waals surface area contributed by atoms with E-state index in [0.717, 1.165) is 6.54 Å². The first-order valence-corrected chi connectivity index (χ1v) is 6.33. The molecular formula is C14H23N3. The van der Waals surface area contributed by atoms with E-state index < -0.39 is 0 Å². The molecule has 1 unspecified atom stereocenters. The highest BCUT2D eigenvalue weighted by atomic mass is 15.3. The summed E-state index contributed by atoms with van der Waals surface area (Å²) in [4.78, 5) is 4.67. The minimum atomic E-state index is 0.412. The van der Waals surface area contributed by atoms with Crippen LogP contribution in [0.25, 0.3) is 0 Å². The van der Waals surface area contributed by atoms with Crippen LogP contribution in [-0.4, -0.2) is 33.2 Å². The van der Waals surface area contributed by atoms with Gasteiger partial charge in [-0.1, -0.05) is 26.0 Å². The Kier molecular flexibility index (Phi) is 3.29. The van der Waals surface area contributed by atoms with E-state index in [1.54, 1.807) is 0 Å². The molecule has 1 aliphatic heterocycles. The quantitative estimate of drug-likeness (QED) is 0.848. The lowest BCUT2D eigenvalue weighted by Gasteiger charge is -2.42. The van der Waals surface area contributed by atoms with Gasteiger partial charge in [0.25, 0.3) is 0 Å². The molecule has 94 valence electrons. The topological polar surface area (TPSA) is 32.5 Å². The Hall–Kier alpha value is -1.22. The standard InChI is InChI=1S/C14H23N3/c1-10(2)12-6-5-7-13-14(12)16(3)9-11(8-15)17(13)4/h5-7,10-11H,8-9,15H2,1-4H3. The summed E-state index contributed by atoms with van der Waals surface area (Å²) < 4.78 is 0. The van der Waals surface area contributed by atoms with Gasteiger partial charge in [0.1, 0.15) is 0 Å². The minimum Gasteiger partial charge on any atom is -0.371 e. The average Bonchev–Trinajstić information content (AvgIpc) is 2.32. The number of likely N-dealkylation sites (N-methyl/N-ethyl adjacent to an activating group) is 2. The van der Waals surface area contributed by atoms with E-state index in [4.69, 9.17) is 5.73 Å². The highest BCUT2D eigenvalue weighted by molar-refractivity contribution is 5.77. The van der Waals surface area contributed by atoms with Crippen molar-refractivity contribution in [1.82, 2.24) is 0 Å². The van der Waals surface area contributed by atoms with E-state index in [2.05, 4.69) is 55.9 Å². The molecule has 2 rings (SSSR count). The number of benzene rings is 1. The first kappa shape index (κ1) is 12.2. The lowest BCUT2D eigenvalue weighted by Crippen LogP contribution is -2.50. The second kappa shape index (κ2) is 4.57. The van der Waals surface area contributed by atoms with Crippen molar-refractivity contribution in [1.29, 1.82) is 0 Å². The molecular weight excluding hydrogens is 210 g/mol. The molecule has 0 radical (unpaired) electrons. The van der Waals surface area contributed by atoms with Gasteiger partial charge in [-0.15, -0.1) is 0 Å². The van der Waals surface area contributed by atoms with Crippen LogP contribution in [0.3, 0.4) is 0 Å². The summed E-state index contributed by atoms with van der Waals surface area (Å²) in [6.45, 7) is 6.20. The molecule has 2 N–H and O–H groups in total. The molecule has 1 atom stereocenters. The maximum absolute atomic E-state index is 5.84. The van der Waals surface area contributed by atoms with E-state index in [9.17, 15) is 0 Å². The van der Waals surface area contributed by atoms with Gasteiger partial charge in [0.2, 0.25) is 0 Å². The fourth-order valence-corrected chi connectivity index (χ4v) is 2.67. The molecule has 0 fully saturated rings. The van der Waals surface area contributed by atoms with Crippen molar-refractivity contribution >= 4 is 11.4 Å². The Bertz CT molecular complexity index is 400. The van der Waals surface area contributed by atoms with Crippen molar-refractivity contribution < 1.29 is 0 Å². The van der Waals surface area contributed by atoms with E-state index in [-0.39, 0.29) is 0 Å². The van der Waals surface area contributed by atoms with Gasteiger partial charge in [-0.05, 0) is 17.5 Å². The minimum absolute atomic E-state index is 0.412. The zero-order chi connectivity index (χ0) is 12.6. The van der Waals surface area contributed by atoms with Crippen LogP contribution in [0, 0.1) is 0 Å². The first-order chi connectivity index (χ1) is 8.06. The SMILES string of the molecule is CC(C)c1cccc2c1N(C)CC(CN)N2C. The van der Waals surface area contributed by atoms with Crippen molar-refractivity contribution in [2.45, 2.75) is 25.8 Å². The molecule has 17 heavy (non-hydrogen) atoms. The van der Waals surface area contributed by atoms with E-state index in [1.807, 2.05) is 0 Å². The number of para-hydroxylation sites is 1. The van der Waals surface area contributed by atoms with Crippen molar-refractivity contribution in [2.75, 3.05) is 37.0 Å². The second-order valence-electron chi connectivity index (χ2n) is 5.25. The van der Waals surface area contributed by atoms with Gasteiger partial charge in [-0.3, -0.25) is 0 Å². The Morgan fingerprint density at radius 1 is 1.35 bits per heavy atom. The number of nitrogens with zero attached hydrogens (tertiary/aromatic N) is 2. The third-order valence-corrected chi connectivity index (χ3v) is 3.73. The van der Waals surface area contributed by atoms with Crippen molar-refractivity contribution in [2.24, 2.45) is 5.73 Å². The van der Waals surface area contributed by atoms with Crippen LogP contribution in [0.1, 0.15) is 25.3 Å². The highest BCUT2D eigenvalue weighted by Gasteiger charge is 2.27. The molecule has 0 saturated heterocycles. The molecule has 0 spiro atoms. The predicted molar refractivity (Wildman–Crippen MR) is 75.0 cm³/mol. The molecule has 0 bridgehead atoms. The number of nitrogens with two attached hydrogens (primary N) is 1. The average molecular weight is 233 g/mol. The highest BCUT2D eigenvalue weighted by Crippen LogP contribution is 2.39. The number of hydrogen-bond acceptors (Lipinski definition) is 3. The maximum Gasteiger partial charge on any atom is 0.0637 e. The van der Waals surface area contributed by atoms with E-state index in [0.29, 0.717) is 18.5 Å². The zero-order valence-corrected chi connectivity index (χ0v) is 11.3. The lowest BCUT2D eigenvalue weighted by molar-refractivity contribution is 0.606. The molecule has 0 saturated carbocycles. The summed E-state index contributed by atoms with van der Waals surface area (Å²) in [5.74, 6) is 0.551. The first-order valence-electron chi connectivity index (χ1n) is 6.33. The van der Waals surface area contributed by atoms with Crippen molar-refractivity contribution in [3.8, 4) is 0 Å². The van der Waals surface area contributed by atoms with Crippen molar-refractivity contribution in [3.05, 3.63) is 23.8 Å². The Labute approximate surface area is 104 Å². The van der Waals surface area contributed by atoms with Gasteiger partial charge in [0.15, 0.2) is 0 Å². The van der Waals surface area contributed by atoms with E-state index in [1.165, 1.54) is 16.9 Å². The van der Waals surface area contributed by atoms with Gasteiger partial charge >= 0.3 is 0 Å². The summed E-state index contributed by atoms with van der Waals surface area (Å²) >= 11 is 0. The molecule has 1 aliphatic rings. The number of rotatable bonds is 2. The summed E-state index contributed by atoms with van der Waals surface area (Å²) in [5.41, 5.74) is 9.94. The summed E-state index contributed by atoms with van der Waals surface area (Å²) in [6.07, 6.45) is 0. The largest absolute Gasteiger partial charge is 0.371 e.